The molecule has 0 radical (unpaired) electrons. The number of anilines is 1. The van der Waals surface area contributed by atoms with Gasteiger partial charge in [0.2, 0.25) is 5.91 Å². The number of aryl methyl sites for hydroxylation is 1. The number of para-hydroxylation sites is 2. The molecule has 1 saturated heterocycles. The molecule has 0 spiro atoms. The summed E-state index contributed by atoms with van der Waals surface area (Å²) in [4.78, 5) is 20.5. The zero-order valence-corrected chi connectivity index (χ0v) is 18.2. The van der Waals surface area contributed by atoms with Crippen LogP contribution >= 0.6 is 0 Å². The minimum atomic E-state index is 0.0728. The molecule has 5 heteroatoms. The SMILES string of the molecule is O=C(NC1CCCc2ccccc21)C1CCN(c2nc3ccccc3n3cccc23)CC1. The van der Waals surface area contributed by atoms with Crippen molar-refractivity contribution in [2.45, 2.75) is 38.1 Å². The second kappa shape index (κ2) is 7.97. The minimum absolute atomic E-state index is 0.0728. The number of piperidine rings is 1. The first-order valence-electron chi connectivity index (χ1n) is 11.8. The van der Waals surface area contributed by atoms with Gasteiger partial charge in [-0.3, -0.25) is 4.79 Å². The van der Waals surface area contributed by atoms with Crippen LogP contribution in [0, 0.1) is 5.92 Å². The van der Waals surface area contributed by atoms with E-state index < -0.39 is 0 Å². The van der Waals surface area contributed by atoms with Gasteiger partial charge in [0.15, 0.2) is 5.82 Å². The first-order valence-corrected chi connectivity index (χ1v) is 11.8. The van der Waals surface area contributed by atoms with Gasteiger partial charge in [-0.05, 0) is 67.5 Å². The summed E-state index contributed by atoms with van der Waals surface area (Å²) in [6.07, 6.45) is 7.12. The maximum atomic E-state index is 13.1. The van der Waals surface area contributed by atoms with Crippen LogP contribution in [0.4, 0.5) is 5.82 Å². The van der Waals surface area contributed by atoms with Gasteiger partial charge in [-0.2, -0.15) is 0 Å². The minimum Gasteiger partial charge on any atom is -0.355 e. The highest BCUT2D eigenvalue weighted by molar-refractivity contribution is 5.85. The Bertz CT molecular complexity index is 1290. The van der Waals surface area contributed by atoms with Gasteiger partial charge in [0.1, 0.15) is 0 Å². The summed E-state index contributed by atoms with van der Waals surface area (Å²) >= 11 is 0. The van der Waals surface area contributed by atoms with Crippen molar-refractivity contribution in [3.8, 4) is 0 Å². The van der Waals surface area contributed by atoms with Gasteiger partial charge in [0, 0.05) is 25.2 Å². The number of benzene rings is 2. The molecule has 32 heavy (non-hydrogen) atoms. The number of aromatic nitrogens is 2. The first kappa shape index (κ1) is 19.4. The number of nitrogens with one attached hydrogen (secondary N) is 1. The fourth-order valence-electron chi connectivity index (χ4n) is 5.49. The largest absolute Gasteiger partial charge is 0.355 e. The summed E-state index contributed by atoms with van der Waals surface area (Å²) in [5, 5.41) is 3.37. The van der Waals surface area contributed by atoms with Crippen LogP contribution in [0.1, 0.15) is 42.9 Å². The van der Waals surface area contributed by atoms with Gasteiger partial charge < -0.3 is 14.6 Å². The molecule has 4 aromatic rings. The Morgan fingerprint density at radius 3 is 2.59 bits per heavy atom. The maximum Gasteiger partial charge on any atom is 0.223 e. The van der Waals surface area contributed by atoms with E-state index >= 15 is 0 Å². The maximum absolute atomic E-state index is 13.1. The molecule has 162 valence electrons. The molecule has 1 amide bonds. The van der Waals surface area contributed by atoms with Crippen LogP contribution in [-0.2, 0) is 11.2 Å². The molecule has 0 bridgehead atoms. The summed E-state index contributed by atoms with van der Waals surface area (Å²) in [6.45, 7) is 1.71. The molecule has 1 unspecified atom stereocenters. The molecular formula is C27H28N4O. The fraction of sp³-hybridized carbons (Fsp3) is 0.333. The fourth-order valence-corrected chi connectivity index (χ4v) is 5.49. The highest BCUT2D eigenvalue weighted by atomic mass is 16.1. The first-order chi connectivity index (χ1) is 15.8. The van der Waals surface area contributed by atoms with Crippen molar-refractivity contribution in [1.82, 2.24) is 14.7 Å². The Balaban J connectivity index is 1.17. The number of carbonyl (C=O) groups is 1. The molecule has 1 aliphatic carbocycles. The number of rotatable bonds is 3. The molecule has 1 fully saturated rings. The second-order valence-electron chi connectivity index (χ2n) is 9.10. The van der Waals surface area contributed by atoms with Crippen molar-refractivity contribution in [3.05, 3.63) is 78.0 Å². The third kappa shape index (κ3) is 3.32. The van der Waals surface area contributed by atoms with E-state index in [-0.39, 0.29) is 17.9 Å². The Kier molecular flexibility index (Phi) is 4.82. The van der Waals surface area contributed by atoms with Gasteiger partial charge in [-0.1, -0.05) is 36.4 Å². The number of carbonyl (C=O) groups excluding carboxylic acids is 1. The molecular weight excluding hydrogens is 396 g/mol. The Labute approximate surface area is 188 Å². The van der Waals surface area contributed by atoms with Crippen LogP contribution in [-0.4, -0.2) is 28.4 Å². The van der Waals surface area contributed by atoms with Crippen LogP contribution in [0.3, 0.4) is 0 Å². The van der Waals surface area contributed by atoms with Crippen LogP contribution in [0.2, 0.25) is 0 Å². The van der Waals surface area contributed by atoms with Gasteiger partial charge in [0.05, 0.1) is 22.6 Å². The van der Waals surface area contributed by atoms with E-state index in [1.54, 1.807) is 0 Å². The summed E-state index contributed by atoms with van der Waals surface area (Å²) < 4.78 is 2.22. The topological polar surface area (TPSA) is 49.6 Å². The van der Waals surface area contributed by atoms with Crippen LogP contribution < -0.4 is 10.2 Å². The normalized spacial score (nSPS) is 19.2. The van der Waals surface area contributed by atoms with Crippen LogP contribution in [0.5, 0.6) is 0 Å². The Morgan fingerprint density at radius 2 is 1.69 bits per heavy atom. The zero-order valence-electron chi connectivity index (χ0n) is 18.2. The number of nitrogens with zero attached hydrogens (tertiary/aromatic N) is 3. The van der Waals surface area contributed by atoms with Crippen molar-refractivity contribution >= 4 is 28.3 Å². The van der Waals surface area contributed by atoms with Crippen LogP contribution in [0.25, 0.3) is 16.6 Å². The number of hydrogen-bond acceptors (Lipinski definition) is 3. The number of fused-ring (bicyclic) bond motifs is 4. The van der Waals surface area contributed by atoms with Crippen molar-refractivity contribution in [1.29, 1.82) is 0 Å². The third-order valence-corrected chi connectivity index (χ3v) is 7.20. The van der Waals surface area contributed by atoms with Crippen LogP contribution in [0.15, 0.2) is 66.9 Å². The number of amides is 1. The van der Waals surface area contributed by atoms with Gasteiger partial charge in [-0.25, -0.2) is 4.98 Å². The van der Waals surface area contributed by atoms with E-state index in [9.17, 15) is 4.79 Å². The molecule has 1 aliphatic heterocycles. The summed E-state index contributed by atoms with van der Waals surface area (Å²) in [6, 6.07) is 21.2. The molecule has 6 rings (SSSR count). The lowest BCUT2D eigenvalue weighted by Gasteiger charge is -2.34. The average Bonchev–Trinajstić information content (AvgIpc) is 3.34. The molecule has 1 atom stereocenters. The third-order valence-electron chi connectivity index (χ3n) is 7.20. The van der Waals surface area contributed by atoms with Gasteiger partial charge in [0.25, 0.3) is 0 Å². The molecule has 0 saturated carbocycles. The van der Waals surface area contributed by atoms with E-state index in [1.807, 2.05) is 6.07 Å². The smallest absolute Gasteiger partial charge is 0.223 e. The van der Waals surface area contributed by atoms with Gasteiger partial charge in [-0.15, -0.1) is 0 Å². The van der Waals surface area contributed by atoms with Crippen molar-refractivity contribution < 1.29 is 4.79 Å². The molecule has 2 aliphatic rings. The monoisotopic (exact) mass is 424 g/mol. The van der Waals surface area contributed by atoms with E-state index in [4.69, 9.17) is 4.98 Å². The molecule has 3 heterocycles. The van der Waals surface area contributed by atoms with E-state index in [2.05, 4.69) is 75.4 Å². The molecule has 1 N–H and O–H groups in total. The standard InChI is InChI=1S/C27H28N4O/c32-27(29-22-11-5-8-19-7-1-2-9-21(19)22)20-14-17-30(18-15-20)26-25-13-6-16-31(25)24-12-4-3-10-23(24)28-26/h1-4,6-7,9-10,12-13,16,20,22H,5,8,11,14-15,17-18H2,(H,29,32). The Morgan fingerprint density at radius 1 is 0.906 bits per heavy atom. The zero-order chi connectivity index (χ0) is 21.5. The predicted octanol–water partition coefficient (Wildman–Crippen LogP) is 4.90. The number of hydrogen-bond donors (Lipinski definition) is 1. The molecule has 5 nitrogen and oxygen atoms in total. The van der Waals surface area contributed by atoms with Gasteiger partial charge >= 0.3 is 0 Å². The van der Waals surface area contributed by atoms with E-state index in [0.717, 1.165) is 67.6 Å². The lowest BCUT2D eigenvalue weighted by Crippen LogP contribution is -2.42. The highest BCUT2D eigenvalue weighted by Gasteiger charge is 2.29. The molecule has 2 aromatic carbocycles. The summed E-state index contributed by atoms with van der Waals surface area (Å²) in [7, 11) is 0. The lowest BCUT2D eigenvalue weighted by atomic mass is 9.87. The predicted molar refractivity (Wildman–Crippen MR) is 128 cm³/mol. The lowest BCUT2D eigenvalue weighted by molar-refractivity contribution is -0.126. The van der Waals surface area contributed by atoms with Crippen molar-refractivity contribution in [3.63, 3.8) is 0 Å². The Hall–Kier alpha value is -3.34. The summed E-state index contributed by atoms with van der Waals surface area (Å²) in [5.41, 5.74) is 5.95. The van der Waals surface area contributed by atoms with E-state index in [1.165, 1.54) is 11.1 Å². The quantitative estimate of drug-likeness (QED) is 0.509. The average molecular weight is 425 g/mol. The van der Waals surface area contributed by atoms with E-state index in [0.29, 0.717) is 0 Å². The summed E-state index contributed by atoms with van der Waals surface area (Å²) in [5.74, 6) is 1.31. The van der Waals surface area contributed by atoms with Crippen molar-refractivity contribution in [2.24, 2.45) is 5.92 Å². The molecule has 2 aromatic heterocycles. The van der Waals surface area contributed by atoms with Crippen molar-refractivity contribution in [2.75, 3.05) is 18.0 Å². The highest BCUT2D eigenvalue weighted by Crippen LogP contribution is 2.32. The second-order valence-corrected chi connectivity index (χ2v) is 9.10.